The zero-order valence-electron chi connectivity index (χ0n) is 11.8. The number of carbonyl (C=O) groups is 1. The van der Waals surface area contributed by atoms with Crippen LogP contribution in [-0.4, -0.2) is 35.3 Å². The number of carbonyl (C=O) groups excluding carboxylic acids is 1. The summed E-state index contributed by atoms with van der Waals surface area (Å²) in [5, 5.41) is 13.9. The van der Waals surface area contributed by atoms with E-state index in [1.165, 1.54) is 0 Å². The Hall–Kier alpha value is -1.85. The van der Waals surface area contributed by atoms with E-state index in [4.69, 9.17) is 4.74 Å². The fourth-order valence-electron chi connectivity index (χ4n) is 2.20. The van der Waals surface area contributed by atoms with E-state index < -0.39 is 6.10 Å². The Labute approximate surface area is 118 Å². The molecule has 0 aliphatic carbocycles. The van der Waals surface area contributed by atoms with Crippen LogP contribution < -0.4 is 5.32 Å². The number of amides is 1. The molecule has 1 heterocycles. The second kappa shape index (κ2) is 6.54. The first-order valence-electron chi connectivity index (χ1n) is 6.70. The fourth-order valence-corrected chi connectivity index (χ4v) is 2.20. The molecule has 1 aromatic heterocycles. The van der Waals surface area contributed by atoms with E-state index in [1.807, 2.05) is 49.0 Å². The SMILES string of the molecule is CCOCC(=O)NC[C@H](O)c1cn(C)c2ccccc12. The van der Waals surface area contributed by atoms with Gasteiger partial charge < -0.3 is 19.7 Å². The number of hydrogen-bond donors (Lipinski definition) is 2. The van der Waals surface area contributed by atoms with Gasteiger partial charge >= 0.3 is 0 Å². The maximum absolute atomic E-state index is 11.5. The smallest absolute Gasteiger partial charge is 0.246 e. The van der Waals surface area contributed by atoms with Gasteiger partial charge in [0.05, 0.1) is 6.10 Å². The highest BCUT2D eigenvalue weighted by molar-refractivity contribution is 5.84. The summed E-state index contributed by atoms with van der Waals surface area (Å²) >= 11 is 0. The quantitative estimate of drug-likeness (QED) is 0.837. The number of nitrogens with one attached hydrogen (secondary N) is 1. The van der Waals surface area contributed by atoms with Gasteiger partial charge in [0.1, 0.15) is 6.61 Å². The first kappa shape index (κ1) is 14.6. The molecule has 20 heavy (non-hydrogen) atoms. The Morgan fingerprint density at radius 2 is 2.20 bits per heavy atom. The molecule has 5 nitrogen and oxygen atoms in total. The molecule has 0 bridgehead atoms. The molecule has 5 heteroatoms. The number of rotatable bonds is 6. The van der Waals surface area contributed by atoms with Crippen LogP contribution in [0.25, 0.3) is 10.9 Å². The molecule has 0 aliphatic rings. The lowest BCUT2D eigenvalue weighted by Crippen LogP contribution is -2.31. The van der Waals surface area contributed by atoms with Crippen molar-refractivity contribution < 1.29 is 14.6 Å². The molecule has 0 unspecified atom stereocenters. The van der Waals surface area contributed by atoms with Gasteiger partial charge in [0.25, 0.3) is 0 Å². The highest BCUT2D eigenvalue weighted by atomic mass is 16.5. The Balaban J connectivity index is 2.04. The van der Waals surface area contributed by atoms with Crippen LogP contribution in [0.4, 0.5) is 0 Å². The van der Waals surface area contributed by atoms with Gasteiger partial charge in [-0.25, -0.2) is 0 Å². The molecule has 0 saturated heterocycles. The number of aliphatic hydroxyl groups is 1. The lowest BCUT2D eigenvalue weighted by Gasteiger charge is -2.11. The molecule has 1 atom stereocenters. The molecule has 2 N–H and O–H groups in total. The molecule has 2 rings (SSSR count). The van der Waals surface area contributed by atoms with Crippen molar-refractivity contribution in [2.45, 2.75) is 13.0 Å². The molecule has 0 spiro atoms. The van der Waals surface area contributed by atoms with Crippen molar-refractivity contribution in [1.29, 1.82) is 0 Å². The van der Waals surface area contributed by atoms with Gasteiger partial charge in [-0.1, -0.05) is 18.2 Å². The van der Waals surface area contributed by atoms with Crippen LogP contribution in [0, 0.1) is 0 Å². The largest absolute Gasteiger partial charge is 0.386 e. The van der Waals surface area contributed by atoms with Gasteiger partial charge in [-0.15, -0.1) is 0 Å². The van der Waals surface area contributed by atoms with Crippen molar-refractivity contribution in [2.24, 2.45) is 7.05 Å². The average Bonchev–Trinajstić information content (AvgIpc) is 2.80. The number of aliphatic hydroxyl groups excluding tert-OH is 1. The standard InChI is InChI=1S/C15H20N2O3/c1-3-20-10-15(19)16-8-14(18)12-9-17(2)13-7-5-4-6-11(12)13/h4-7,9,14,18H,3,8,10H2,1-2H3,(H,16,19)/t14-/m0/s1. The van der Waals surface area contributed by atoms with Gasteiger partial charge in [-0.05, 0) is 13.0 Å². The van der Waals surface area contributed by atoms with Gasteiger partial charge in [0.15, 0.2) is 0 Å². The predicted molar refractivity (Wildman–Crippen MR) is 77.4 cm³/mol. The van der Waals surface area contributed by atoms with E-state index in [9.17, 15) is 9.90 Å². The van der Waals surface area contributed by atoms with Crippen LogP contribution in [0.5, 0.6) is 0 Å². The number of aromatic nitrogens is 1. The highest BCUT2D eigenvalue weighted by Gasteiger charge is 2.15. The van der Waals surface area contributed by atoms with Crippen LogP contribution >= 0.6 is 0 Å². The third kappa shape index (κ3) is 3.18. The van der Waals surface area contributed by atoms with E-state index in [2.05, 4.69) is 5.32 Å². The first-order valence-corrected chi connectivity index (χ1v) is 6.70. The normalized spacial score (nSPS) is 12.6. The van der Waals surface area contributed by atoms with Gasteiger partial charge in [0.2, 0.25) is 5.91 Å². The second-order valence-electron chi connectivity index (χ2n) is 4.67. The van der Waals surface area contributed by atoms with Gasteiger partial charge in [-0.2, -0.15) is 0 Å². The van der Waals surface area contributed by atoms with Crippen molar-refractivity contribution in [2.75, 3.05) is 19.8 Å². The number of fused-ring (bicyclic) bond motifs is 1. The fraction of sp³-hybridized carbons (Fsp3) is 0.400. The molecular formula is C15H20N2O3. The number of para-hydroxylation sites is 1. The van der Waals surface area contributed by atoms with Crippen molar-refractivity contribution >= 4 is 16.8 Å². The Kier molecular flexibility index (Phi) is 4.76. The Morgan fingerprint density at radius 1 is 1.45 bits per heavy atom. The zero-order chi connectivity index (χ0) is 14.5. The molecule has 1 amide bonds. The maximum atomic E-state index is 11.5. The molecule has 0 saturated carbocycles. The molecule has 2 aromatic rings. The molecule has 1 aromatic carbocycles. The van der Waals surface area contributed by atoms with E-state index in [0.29, 0.717) is 6.61 Å². The van der Waals surface area contributed by atoms with Crippen molar-refractivity contribution in [1.82, 2.24) is 9.88 Å². The summed E-state index contributed by atoms with van der Waals surface area (Å²) in [5.41, 5.74) is 1.88. The Morgan fingerprint density at radius 3 is 2.95 bits per heavy atom. The lowest BCUT2D eigenvalue weighted by atomic mass is 10.1. The zero-order valence-corrected chi connectivity index (χ0v) is 11.8. The van der Waals surface area contributed by atoms with E-state index in [0.717, 1.165) is 16.5 Å². The molecule has 0 fully saturated rings. The van der Waals surface area contributed by atoms with Gasteiger partial charge in [-0.3, -0.25) is 4.79 Å². The lowest BCUT2D eigenvalue weighted by molar-refractivity contribution is -0.126. The number of nitrogens with zero attached hydrogens (tertiary/aromatic N) is 1. The van der Waals surface area contributed by atoms with Crippen LogP contribution in [-0.2, 0) is 16.6 Å². The summed E-state index contributed by atoms with van der Waals surface area (Å²) in [7, 11) is 1.94. The summed E-state index contributed by atoms with van der Waals surface area (Å²) in [6.07, 6.45) is 1.16. The van der Waals surface area contributed by atoms with E-state index in [1.54, 1.807) is 0 Å². The van der Waals surface area contributed by atoms with Crippen molar-refractivity contribution in [3.05, 3.63) is 36.0 Å². The molecular weight excluding hydrogens is 256 g/mol. The highest BCUT2D eigenvalue weighted by Crippen LogP contribution is 2.25. The van der Waals surface area contributed by atoms with E-state index in [-0.39, 0.29) is 19.1 Å². The van der Waals surface area contributed by atoms with Crippen LogP contribution in [0.2, 0.25) is 0 Å². The summed E-state index contributed by atoms with van der Waals surface area (Å²) < 4.78 is 6.98. The number of benzene rings is 1. The third-order valence-electron chi connectivity index (χ3n) is 3.22. The third-order valence-corrected chi connectivity index (χ3v) is 3.22. The monoisotopic (exact) mass is 276 g/mol. The summed E-state index contributed by atoms with van der Waals surface area (Å²) in [5.74, 6) is -0.217. The molecule has 0 radical (unpaired) electrons. The minimum atomic E-state index is -0.730. The summed E-state index contributed by atoms with van der Waals surface area (Å²) in [6.45, 7) is 2.54. The van der Waals surface area contributed by atoms with Crippen LogP contribution in [0.3, 0.4) is 0 Å². The first-order chi connectivity index (χ1) is 9.63. The topological polar surface area (TPSA) is 63.5 Å². The molecule has 108 valence electrons. The number of aryl methyl sites for hydroxylation is 1. The van der Waals surface area contributed by atoms with Crippen molar-refractivity contribution in [3.63, 3.8) is 0 Å². The minimum Gasteiger partial charge on any atom is -0.386 e. The van der Waals surface area contributed by atoms with E-state index >= 15 is 0 Å². The number of ether oxygens (including phenoxy) is 1. The summed E-state index contributed by atoms with van der Waals surface area (Å²) in [6, 6.07) is 7.86. The minimum absolute atomic E-state index is 0.0265. The maximum Gasteiger partial charge on any atom is 0.246 e. The van der Waals surface area contributed by atoms with Crippen LogP contribution in [0.1, 0.15) is 18.6 Å². The predicted octanol–water partition coefficient (Wildman–Crippen LogP) is 1.36. The molecule has 0 aliphatic heterocycles. The average molecular weight is 276 g/mol. The van der Waals surface area contributed by atoms with Crippen LogP contribution in [0.15, 0.2) is 30.5 Å². The van der Waals surface area contributed by atoms with Gasteiger partial charge in [0, 0.05) is 42.9 Å². The summed E-state index contributed by atoms with van der Waals surface area (Å²) in [4.78, 5) is 11.5. The Bertz CT molecular complexity index is 592. The number of hydrogen-bond acceptors (Lipinski definition) is 3. The second-order valence-corrected chi connectivity index (χ2v) is 4.67. The van der Waals surface area contributed by atoms with Crippen molar-refractivity contribution in [3.8, 4) is 0 Å².